The zero-order chi connectivity index (χ0) is 12.7. The summed E-state index contributed by atoms with van der Waals surface area (Å²) in [6, 6.07) is 5.33. The third-order valence-corrected chi connectivity index (χ3v) is 2.13. The van der Waals surface area contributed by atoms with E-state index in [1.54, 1.807) is 41.5 Å². The minimum Gasteiger partial charge on any atom is -0.294 e. The molecule has 0 amide bonds. The highest BCUT2D eigenvalue weighted by Gasteiger charge is 2.11. The lowest BCUT2D eigenvalue weighted by Crippen LogP contribution is -2.07. The van der Waals surface area contributed by atoms with Gasteiger partial charge in [-0.3, -0.25) is 4.79 Å². The van der Waals surface area contributed by atoms with Gasteiger partial charge < -0.3 is 0 Å². The average molecular weight is 231 g/mol. The van der Waals surface area contributed by atoms with Crippen molar-refractivity contribution in [1.29, 1.82) is 0 Å². The molecule has 0 radical (unpaired) electrons. The van der Waals surface area contributed by atoms with Crippen molar-refractivity contribution >= 4 is 5.78 Å². The third-order valence-electron chi connectivity index (χ3n) is 2.13. The van der Waals surface area contributed by atoms with Gasteiger partial charge in [0.15, 0.2) is 11.6 Å². The molecule has 0 aliphatic heterocycles. The summed E-state index contributed by atoms with van der Waals surface area (Å²) in [5.74, 6) is 0.669. The molecule has 2 aromatic heterocycles. The fourth-order valence-electron chi connectivity index (χ4n) is 1.38. The Labute approximate surface area is 101 Å². The molecule has 4 heteroatoms. The first kappa shape index (κ1) is 13.1. The number of aromatic nitrogens is 3. The van der Waals surface area contributed by atoms with Crippen molar-refractivity contribution in [2.45, 2.75) is 27.2 Å². The topological polar surface area (TPSA) is 47.8 Å². The zero-order valence-corrected chi connectivity index (χ0v) is 10.4. The molecule has 0 spiro atoms. The number of carbonyl (C=O) groups is 1. The SMILES string of the molecule is CC.CCC(=O)c1cccnc1-n1cccn1. The highest BCUT2D eigenvalue weighted by atomic mass is 16.1. The van der Waals surface area contributed by atoms with Crippen LogP contribution in [-0.4, -0.2) is 20.5 Å². The first-order valence-corrected chi connectivity index (χ1v) is 5.81. The minimum absolute atomic E-state index is 0.0774. The molecule has 2 heterocycles. The van der Waals surface area contributed by atoms with Gasteiger partial charge in [-0.25, -0.2) is 9.67 Å². The highest BCUT2D eigenvalue weighted by Crippen LogP contribution is 2.12. The van der Waals surface area contributed by atoms with E-state index >= 15 is 0 Å². The maximum absolute atomic E-state index is 11.6. The van der Waals surface area contributed by atoms with Crippen molar-refractivity contribution in [2.75, 3.05) is 0 Å². The van der Waals surface area contributed by atoms with Crippen molar-refractivity contribution in [3.63, 3.8) is 0 Å². The summed E-state index contributed by atoms with van der Waals surface area (Å²) in [4.78, 5) is 15.8. The second-order valence-electron chi connectivity index (χ2n) is 3.10. The molecule has 90 valence electrons. The van der Waals surface area contributed by atoms with Crippen LogP contribution in [0.2, 0.25) is 0 Å². The maximum Gasteiger partial charge on any atom is 0.166 e. The van der Waals surface area contributed by atoms with Gasteiger partial charge in [0.2, 0.25) is 0 Å². The molecule has 0 aliphatic carbocycles. The number of nitrogens with zero attached hydrogens (tertiary/aromatic N) is 3. The van der Waals surface area contributed by atoms with Gasteiger partial charge in [0, 0.05) is 25.0 Å². The van der Waals surface area contributed by atoms with Gasteiger partial charge in [-0.05, 0) is 18.2 Å². The van der Waals surface area contributed by atoms with Gasteiger partial charge in [0.05, 0.1) is 5.56 Å². The first-order chi connectivity index (χ1) is 8.33. The molecule has 0 aromatic carbocycles. The predicted octanol–water partition coefficient (Wildman–Crippen LogP) is 2.89. The molecule has 4 nitrogen and oxygen atoms in total. The lowest BCUT2D eigenvalue weighted by Gasteiger charge is -2.05. The summed E-state index contributed by atoms with van der Waals surface area (Å²) < 4.78 is 1.60. The minimum atomic E-state index is 0.0774. The predicted molar refractivity (Wildman–Crippen MR) is 67.3 cm³/mol. The molecule has 2 aromatic rings. The lowest BCUT2D eigenvalue weighted by molar-refractivity contribution is 0.0987. The fourth-order valence-corrected chi connectivity index (χ4v) is 1.38. The monoisotopic (exact) mass is 231 g/mol. The molecule has 0 bridgehead atoms. The van der Waals surface area contributed by atoms with Crippen LogP contribution in [0.25, 0.3) is 5.82 Å². The van der Waals surface area contributed by atoms with Crippen LogP contribution >= 0.6 is 0 Å². The largest absolute Gasteiger partial charge is 0.294 e. The van der Waals surface area contributed by atoms with Crippen molar-refractivity contribution in [1.82, 2.24) is 14.8 Å². The van der Waals surface area contributed by atoms with Gasteiger partial charge in [-0.15, -0.1) is 0 Å². The Kier molecular flexibility index (Phi) is 5.07. The molecule has 0 unspecified atom stereocenters. The van der Waals surface area contributed by atoms with Crippen molar-refractivity contribution in [3.8, 4) is 5.82 Å². The van der Waals surface area contributed by atoms with Gasteiger partial charge in [0.1, 0.15) is 0 Å². The van der Waals surface area contributed by atoms with Crippen LogP contribution in [0.15, 0.2) is 36.8 Å². The standard InChI is InChI=1S/C11H11N3O.C2H6/c1-2-10(15)9-5-3-6-12-11(9)14-8-4-7-13-14;1-2/h3-8H,2H2,1H3;1-2H3. The van der Waals surface area contributed by atoms with Crippen molar-refractivity contribution in [2.24, 2.45) is 0 Å². The normalized spacial score (nSPS) is 9.35. The van der Waals surface area contributed by atoms with Gasteiger partial charge >= 0.3 is 0 Å². The summed E-state index contributed by atoms with van der Waals surface area (Å²) in [5.41, 5.74) is 0.615. The molecular formula is C13H17N3O. The Balaban J connectivity index is 0.000000686. The molecule has 0 saturated heterocycles. The number of hydrogen-bond donors (Lipinski definition) is 0. The van der Waals surface area contributed by atoms with Gasteiger partial charge in [0.25, 0.3) is 0 Å². The van der Waals surface area contributed by atoms with E-state index in [-0.39, 0.29) is 5.78 Å². The van der Waals surface area contributed by atoms with Crippen LogP contribution in [0.4, 0.5) is 0 Å². The second kappa shape index (κ2) is 6.58. The summed E-state index contributed by atoms with van der Waals surface area (Å²) in [6.07, 6.45) is 5.56. The van der Waals surface area contributed by atoms with Crippen LogP contribution in [-0.2, 0) is 0 Å². The Hall–Kier alpha value is -1.97. The molecule has 2 rings (SSSR count). The van der Waals surface area contributed by atoms with E-state index in [9.17, 15) is 4.79 Å². The Morgan fingerprint density at radius 2 is 2.06 bits per heavy atom. The van der Waals surface area contributed by atoms with E-state index in [4.69, 9.17) is 0 Å². The molecular weight excluding hydrogens is 214 g/mol. The number of rotatable bonds is 3. The van der Waals surface area contributed by atoms with E-state index in [1.807, 2.05) is 20.8 Å². The van der Waals surface area contributed by atoms with Crippen LogP contribution in [0, 0.1) is 0 Å². The molecule has 17 heavy (non-hydrogen) atoms. The van der Waals surface area contributed by atoms with Crippen molar-refractivity contribution in [3.05, 3.63) is 42.4 Å². The summed E-state index contributed by atoms with van der Waals surface area (Å²) in [5, 5.41) is 4.07. The van der Waals surface area contributed by atoms with E-state index in [0.29, 0.717) is 17.8 Å². The Morgan fingerprint density at radius 1 is 1.29 bits per heavy atom. The summed E-state index contributed by atoms with van der Waals surface area (Å²) in [7, 11) is 0. The third kappa shape index (κ3) is 3.00. The molecule has 0 fully saturated rings. The van der Waals surface area contributed by atoms with E-state index in [0.717, 1.165) is 0 Å². The van der Waals surface area contributed by atoms with E-state index in [2.05, 4.69) is 10.1 Å². The Bertz CT molecular complexity index is 463. The van der Waals surface area contributed by atoms with Gasteiger partial charge in [-0.1, -0.05) is 20.8 Å². The zero-order valence-electron chi connectivity index (χ0n) is 10.4. The smallest absolute Gasteiger partial charge is 0.166 e. The number of ketones is 1. The van der Waals surface area contributed by atoms with Crippen LogP contribution < -0.4 is 0 Å². The molecule has 0 atom stereocenters. The summed E-state index contributed by atoms with van der Waals surface area (Å²) >= 11 is 0. The molecule has 0 aliphatic rings. The maximum atomic E-state index is 11.6. The number of carbonyl (C=O) groups excluding carboxylic acids is 1. The van der Waals surface area contributed by atoms with Crippen LogP contribution in [0.1, 0.15) is 37.6 Å². The van der Waals surface area contributed by atoms with Gasteiger partial charge in [-0.2, -0.15) is 5.10 Å². The van der Waals surface area contributed by atoms with Crippen LogP contribution in [0.5, 0.6) is 0 Å². The lowest BCUT2D eigenvalue weighted by atomic mass is 10.1. The fraction of sp³-hybridized carbons (Fsp3) is 0.308. The second-order valence-corrected chi connectivity index (χ2v) is 3.10. The number of pyridine rings is 1. The summed E-state index contributed by atoms with van der Waals surface area (Å²) in [6.45, 7) is 5.84. The van der Waals surface area contributed by atoms with E-state index in [1.165, 1.54) is 0 Å². The number of Topliss-reactive ketones (excluding diaryl/α,β-unsaturated/α-hetero) is 1. The first-order valence-electron chi connectivity index (χ1n) is 5.81. The van der Waals surface area contributed by atoms with Crippen molar-refractivity contribution < 1.29 is 4.79 Å². The Morgan fingerprint density at radius 3 is 2.65 bits per heavy atom. The highest BCUT2D eigenvalue weighted by molar-refractivity contribution is 5.98. The molecule has 0 N–H and O–H groups in total. The average Bonchev–Trinajstić information content (AvgIpc) is 2.94. The molecule has 0 saturated carbocycles. The number of hydrogen-bond acceptors (Lipinski definition) is 3. The quantitative estimate of drug-likeness (QED) is 0.763. The van der Waals surface area contributed by atoms with E-state index < -0.39 is 0 Å². The van der Waals surface area contributed by atoms with Crippen LogP contribution in [0.3, 0.4) is 0 Å².